The van der Waals surface area contributed by atoms with E-state index in [9.17, 15) is 8.42 Å². The summed E-state index contributed by atoms with van der Waals surface area (Å²) >= 11 is 0. The maximum atomic E-state index is 11.5. The number of rotatable bonds is 2. The van der Waals surface area contributed by atoms with Crippen molar-refractivity contribution in [2.45, 2.75) is 24.8 Å². The molecule has 0 saturated carbocycles. The standard InChI is InChI=1S/C11H22N2O3S/c12-11(2-6-16-7-3-11)10-13-4-1-8-17(14,15)9-5-13/h1-10,12H2. The van der Waals surface area contributed by atoms with Crippen LogP contribution in [-0.4, -0.2) is 63.2 Å². The van der Waals surface area contributed by atoms with Crippen LogP contribution in [0.25, 0.3) is 0 Å². The van der Waals surface area contributed by atoms with Crippen molar-refractivity contribution < 1.29 is 13.2 Å². The zero-order valence-corrected chi connectivity index (χ0v) is 11.0. The molecule has 6 heteroatoms. The minimum Gasteiger partial charge on any atom is -0.381 e. The van der Waals surface area contributed by atoms with E-state index in [-0.39, 0.29) is 11.3 Å². The van der Waals surface area contributed by atoms with E-state index in [1.807, 2.05) is 0 Å². The van der Waals surface area contributed by atoms with Crippen LogP contribution in [0.2, 0.25) is 0 Å². The van der Waals surface area contributed by atoms with E-state index in [0.29, 0.717) is 12.3 Å². The highest BCUT2D eigenvalue weighted by Crippen LogP contribution is 2.20. The van der Waals surface area contributed by atoms with Crippen molar-refractivity contribution in [3.8, 4) is 0 Å². The van der Waals surface area contributed by atoms with Crippen LogP contribution in [0.4, 0.5) is 0 Å². The summed E-state index contributed by atoms with van der Waals surface area (Å²) in [6.07, 6.45) is 2.47. The molecule has 0 aromatic rings. The van der Waals surface area contributed by atoms with E-state index in [2.05, 4.69) is 4.90 Å². The zero-order chi connectivity index (χ0) is 12.4. The van der Waals surface area contributed by atoms with Crippen LogP contribution in [0.3, 0.4) is 0 Å². The van der Waals surface area contributed by atoms with Crippen molar-refractivity contribution in [1.29, 1.82) is 0 Å². The Morgan fingerprint density at radius 2 is 1.88 bits per heavy atom. The summed E-state index contributed by atoms with van der Waals surface area (Å²) in [5, 5.41) is 0. The molecule has 0 spiro atoms. The van der Waals surface area contributed by atoms with Gasteiger partial charge in [0.25, 0.3) is 0 Å². The molecule has 2 heterocycles. The summed E-state index contributed by atoms with van der Waals surface area (Å²) in [4.78, 5) is 2.20. The molecule has 2 rings (SSSR count). The SMILES string of the molecule is NC1(CN2CCCS(=O)(=O)CC2)CCOCC1. The van der Waals surface area contributed by atoms with E-state index in [4.69, 9.17) is 10.5 Å². The number of nitrogens with two attached hydrogens (primary N) is 1. The third kappa shape index (κ3) is 3.91. The van der Waals surface area contributed by atoms with Crippen molar-refractivity contribution in [1.82, 2.24) is 4.90 Å². The quantitative estimate of drug-likeness (QED) is 0.734. The molecule has 0 unspecified atom stereocenters. The second-order valence-corrected chi connectivity index (χ2v) is 7.56. The highest BCUT2D eigenvalue weighted by atomic mass is 32.2. The summed E-state index contributed by atoms with van der Waals surface area (Å²) < 4.78 is 28.3. The first kappa shape index (κ1) is 13.3. The van der Waals surface area contributed by atoms with Gasteiger partial charge in [0.05, 0.1) is 11.5 Å². The normalized spacial score (nSPS) is 29.7. The average molecular weight is 262 g/mol. The van der Waals surface area contributed by atoms with Gasteiger partial charge in [-0.25, -0.2) is 8.42 Å². The molecule has 0 aromatic heterocycles. The van der Waals surface area contributed by atoms with Crippen LogP contribution in [0.1, 0.15) is 19.3 Å². The fourth-order valence-corrected chi connectivity index (χ4v) is 3.84. The van der Waals surface area contributed by atoms with Gasteiger partial charge in [0.1, 0.15) is 0 Å². The molecule has 2 aliphatic heterocycles. The molecule has 0 amide bonds. The third-order valence-corrected chi connectivity index (χ3v) is 5.39. The van der Waals surface area contributed by atoms with E-state index in [0.717, 1.165) is 45.6 Å². The lowest BCUT2D eigenvalue weighted by molar-refractivity contribution is 0.0387. The molecule has 0 bridgehead atoms. The Bertz CT molecular complexity index is 350. The highest BCUT2D eigenvalue weighted by Gasteiger charge is 2.31. The third-order valence-electron chi connectivity index (χ3n) is 3.68. The van der Waals surface area contributed by atoms with E-state index < -0.39 is 9.84 Å². The van der Waals surface area contributed by atoms with Gasteiger partial charge >= 0.3 is 0 Å². The van der Waals surface area contributed by atoms with Gasteiger partial charge in [0.2, 0.25) is 0 Å². The molecule has 2 saturated heterocycles. The van der Waals surface area contributed by atoms with E-state index in [1.54, 1.807) is 0 Å². The molecule has 100 valence electrons. The van der Waals surface area contributed by atoms with Crippen molar-refractivity contribution in [2.24, 2.45) is 5.73 Å². The maximum Gasteiger partial charge on any atom is 0.151 e. The van der Waals surface area contributed by atoms with Gasteiger partial charge in [0, 0.05) is 31.8 Å². The number of sulfone groups is 1. The van der Waals surface area contributed by atoms with Crippen LogP contribution in [-0.2, 0) is 14.6 Å². The summed E-state index contributed by atoms with van der Waals surface area (Å²) in [5.74, 6) is 0.601. The van der Waals surface area contributed by atoms with Gasteiger partial charge in [0.15, 0.2) is 9.84 Å². The summed E-state index contributed by atoms with van der Waals surface area (Å²) in [6, 6.07) is 0. The molecule has 17 heavy (non-hydrogen) atoms. The van der Waals surface area contributed by atoms with Gasteiger partial charge in [-0.15, -0.1) is 0 Å². The topological polar surface area (TPSA) is 72.6 Å². The number of nitrogens with zero attached hydrogens (tertiary/aromatic N) is 1. The Morgan fingerprint density at radius 3 is 2.59 bits per heavy atom. The predicted octanol–water partition coefficient (Wildman–Crippen LogP) is -0.385. The fourth-order valence-electron chi connectivity index (χ4n) is 2.53. The minimum absolute atomic E-state index is 0.188. The van der Waals surface area contributed by atoms with Crippen LogP contribution in [0, 0.1) is 0 Å². The van der Waals surface area contributed by atoms with Crippen molar-refractivity contribution >= 4 is 9.84 Å². The first-order chi connectivity index (χ1) is 7.99. The molecular weight excluding hydrogens is 240 g/mol. The number of hydrogen-bond acceptors (Lipinski definition) is 5. The average Bonchev–Trinajstić information content (AvgIpc) is 2.41. The first-order valence-electron chi connectivity index (χ1n) is 6.29. The largest absolute Gasteiger partial charge is 0.381 e. The van der Waals surface area contributed by atoms with Crippen LogP contribution in [0.5, 0.6) is 0 Å². The van der Waals surface area contributed by atoms with Gasteiger partial charge in [-0.1, -0.05) is 0 Å². The van der Waals surface area contributed by atoms with Gasteiger partial charge < -0.3 is 15.4 Å². The smallest absolute Gasteiger partial charge is 0.151 e. The Labute approximate surface area is 103 Å². The Morgan fingerprint density at radius 1 is 1.18 bits per heavy atom. The Hall–Kier alpha value is -0.170. The lowest BCUT2D eigenvalue weighted by Crippen LogP contribution is -2.53. The molecule has 5 nitrogen and oxygen atoms in total. The van der Waals surface area contributed by atoms with Crippen LogP contribution >= 0.6 is 0 Å². The van der Waals surface area contributed by atoms with Gasteiger partial charge in [-0.2, -0.15) is 0 Å². The van der Waals surface area contributed by atoms with Gasteiger partial charge in [-0.05, 0) is 25.8 Å². The van der Waals surface area contributed by atoms with Gasteiger partial charge in [-0.3, -0.25) is 0 Å². The summed E-state index contributed by atoms with van der Waals surface area (Å²) in [6.45, 7) is 3.72. The number of ether oxygens (including phenoxy) is 1. The summed E-state index contributed by atoms with van der Waals surface area (Å²) in [5.41, 5.74) is 6.15. The summed E-state index contributed by atoms with van der Waals surface area (Å²) in [7, 11) is -2.82. The van der Waals surface area contributed by atoms with Crippen molar-refractivity contribution in [3.05, 3.63) is 0 Å². The number of hydrogen-bond donors (Lipinski definition) is 1. The van der Waals surface area contributed by atoms with E-state index >= 15 is 0 Å². The Balaban J connectivity index is 1.90. The highest BCUT2D eigenvalue weighted by molar-refractivity contribution is 7.91. The lowest BCUT2D eigenvalue weighted by Gasteiger charge is -2.37. The van der Waals surface area contributed by atoms with Crippen LogP contribution < -0.4 is 5.73 Å². The second kappa shape index (κ2) is 5.22. The molecule has 0 atom stereocenters. The van der Waals surface area contributed by atoms with E-state index in [1.165, 1.54) is 0 Å². The fraction of sp³-hybridized carbons (Fsp3) is 1.00. The molecule has 0 radical (unpaired) electrons. The molecular formula is C11H22N2O3S. The first-order valence-corrected chi connectivity index (χ1v) is 8.11. The molecule has 2 N–H and O–H groups in total. The van der Waals surface area contributed by atoms with Crippen LogP contribution in [0.15, 0.2) is 0 Å². The molecule has 0 aromatic carbocycles. The molecule has 2 aliphatic rings. The maximum absolute atomic E-state index is 11.5. The Kier molecular flexibility index (Phi) is 4.07. The molecule has 0 aliphatic carbocycles. The zero-order valence-electron chi connectivity index (χ0n) is 10.2. The minimum atomic E-state index is -2.82. The predicted molar refractivity (Wildman–Crippen MR) is 66.7 cm³/mol. The monoisotopic (exact) mass is 262 g/mol. The van der Waals surface area contributed by atoms with Crippen molar-refractivity contribution in [2.75, 3.05) is 44.4 Å². The lowest BCUT2D eigenvalue weighted by atomic mass is 9.90. The van der Waals surface area contributed by atoms with Crippen molar-refractivity contribution in [3.63, 3.8) is 0 Å². The second-order valence-electron chi connectivity index (χ2n) is 5.26. The molecule has 2 fully saturated rings.